The zero-order valence-corrected chi connectivity index (χ0v) is 7.64. The normalized spacial score (nSPS) is 8.07. The first-order chi connectivity index (χ1) is 6.59. The van der Waals surface area contributed by atoms with E-state index in [4.69, 9.17) is 20.6 Å². The summed E-state index contributed by atoms with van der Waals surface area (Å²) in [6, 6.07) is 1.37. The van der Waals surface area contributed by atoms with Gasteiger partial charge in [0.05, 0.1) is 26.4 Å². The number of rotatable bonds is 5. The number of ether oxygens (including phenoxy) is 1. The molecule has 0 aliphatic heterocycles. The van der Waals surface area contributed by atoms with Crippen molar-refractivity contribution in [3.63, 3.8) is 0 Å². The van der Waals surface area contributed by atoms with Crippen LogP contribution in [0.25, 0.3) is 0 Å². The van der Waals surface area contributed by atoms with E-state index in [1.165, 1.54) is 6.07 Å². The van der Waals surface area contributed by atoms with Crippen molar-refractivity contribution in [2.45, 2.75) is 0 Å². The largest absolute Gasteiger partial charge is 0.477 e. The van der Waals surface area contributed by atoms with Crippen LogP contribution >= 0.6 is 0 Å². The Morgan fingerprint density at radius 2 is 1.79 bits per heavy atom. The zero-order chi connectivity index (χ0) is 11.4. The number of carbonyl (C=O) groups is 1. The molecular weight excluding hydrogens is 190 g/mol. The molecule has 0 saturated heterocycles. The van der Waals surface area contributed by atoms with Gasteiger partial charge >= 0.3 is 5.97 Å². The number of aliphatic carboxylic acids is 1. The molecule has 6 heteroatoms. The summed E-state index contributed by atoms with van der Waals surface area (Å²) in [6.45, 7) is 3.61. The smallest absolute Gasteiger partial charge is 0.345 e. The van der Waals surface area contributed by atoms with Crippen LogP contribution in [0.5, 0.6) is 0 Å². The Morgan fingerprint density at radius 1 is 1.36 bits per heavy atom. The summed E-state index contributed by atoms with van der Waals surface area (Å²) in [7, 11) is 0. The van der Waals surface area contributed by atoms with Crippen LogP contribution in [-0.4, -0.2) is 47.7 Å². The van der Waals surface area contributed by atoms with E-state index in [2.05, 4.69) is 11.3 Å². The van der Waals surface area contributed by atoms with Gasteiger partial charge in [-0.25, -0.2) is 4.79 Å². The van der Waals surface area contributed by atoms with Gasteiger partial charge in [-0.2, -0.15) is 5.26 Å². The maximum absolute atomic E-state index is 9.61. The molecule has 3 N–H and O–H groups in total. The molecule has 0 aromatic carbocycles. The van der Waals surface area contributed by atoms with E-state index in [9.17, 15) is 4.79 Å². The zero-order valence-electron chi connectivity index (χ0n) is 7.64. The molecule has 0 amide bonds. The van der Waals surface area contributed by atoms with Crippen LogP contribution in [0.4, 0.5) is 0 Å². The summed E-state index contributed by atoms with van der Waals surface area (Å²) < 4.78 is 4.63. The van der Waals surface area contributed by atoms with E-state index in [0.29, 0.717) is 13.2 Å². The summed E-state index contributed by atoms with van der Waals surface area (Å²) >= 11 is 0. The Hall–Kier alpha value is -1.42. The van der Waals surface area contributed by atoms with Crippen LogP contribution in [0, 0.1) is 11.3 Å². The highest BCUT2D eigenvalue weighted by molar-refractivity contribution is 5.90. The molecule has 0 rings (SSSR count). The van der Waals surface area contributed by atoms with Crippen molar-refractivity contribution in [2.75, 3.05) is 26.4 Å². The van der Waals surface area contributed by atoms with Crippen molar-refractivity contribution in [3.05, 3.63) is 12.2 Å². The first-order valence-electron chi connectivity index (χ1n) is 3.71. The fourth-order valence-electron chi connectivity index (χ4n) is 0.279. The van der Waals surface area contributed by atoms with E-state index < -0.39 is 11.5 Å². The van der Waals surface area contributed by atoms with Crippen molar-refractivity contribution < 1.29 is 24.9 Å². The molecule has 0 fully saturated rings. The van der Waals surface area contributed by atoms with Gasteiger partial charge < -0.3 is 20.1 Å². The molecule has 0 aromatic heterocycles. The van der Waals surface area contributed by atoms with E-state index >= 15 is 0 Å². The Labute approximate surface area is 81.7 Å². The van der Waals surface area contributed by atoms with Crippen molar-refractivity contribution >= 4 is 5.97 Å². The molecule has 14 heavy (non-hydrogen) atoms. The highest BCUT2D eigenvalue weighted by atomic mass is 16.5. The minimum absolute atomic E-state index is 0.0278. The van der Waals surface area contributed by atoms with E-state index in [1.54, 1.807) is 0 Å². The molecule has 0 spiro atoms. The Kier molecular flexibility index (Phi) is 12.5. The number of hydrogen-bond donors (Lipinski definition) is 3. The lowest BCUT2D eigenvalue weighted by atomic mass is 10.4. The number of nitriles is 1. The summed E-state index contributed by atoms with van der Waals surface area (Å²) in [6.07, 6.45) is 0. The van der Waals surface area contributed by atoms with Gasteiger partial charge in [-0.3, -0.25) is 0 Å². The molecule has 0 atom stereocenters. The second-order valence-electron chi connectivity index (χ2n) is 1.96. The van der Waals surface area contributed by atoms with Gasteiger partial charge in [0.2, 0.25) is 0 Å². The molecule has 0 aliphatic rings. The molecule has 0 saturated carbocycles. The minimum Gasteiger partial charge on any atom is -0.477 e. The molecule has 0 aliphatic carbocycles. The number of aliphatic hydroxyl groups excluding tert-OH is 2. The summed E-state index contributed by atoms with van der Waals surface area (Å²) in [5.74, 6) is -1.26. The van der Waals surface area contributed by atoms with Crippen molar-refractivity contribution in [1.29, 1.82) is 5.26 Å². The molecule has 0 unspecified atom stereocenters. The Morgan fingerprint density at radius 3 is 1.93 bits per heavy atom. The monoisotopic (exact) mass is 203 g/mol. The predicted molar refractivity (Wildman–Crippen MR) is 47.4 cm³/mol. The van der Waals surface area contributed by atoms with E-state index in [-0.39, 0.29) is 13.2 Å². The molecule has 0 aromatic rings. The molecular formula is C8H13NO5. The van der Waals surface area contributed by atoms with E-state index in [1.807, 2.05) is 0 Å². The number of hydrogen-bond acceptors (Lipinski definition) is 5. The third-order valence-corrected chi connectivity index (χ3v) is 0.864. The van der Waals surface area contributed by atoms with Gasteiger partial charge in [0, 0.05) is 0 Å². The first kappa shape index (κ1) is 15.1. The second kappa shape index (κ2) is 11.6. The Bertz CT molecular complexity index is 204. The summed E-state index contributed by atoms with van der Waals surface area (Å²) in [4.78, 5) is 9.61. The van der Waals surface area contributed by atoms with Crippen LogP contribution in [0.2, 0.25) is 0 Å². The van der Waals surface area contributed by atoms with Crippen LogP contribution in [0.15, 0.2) is 12.2 Å². The van der Waals surface area contributed by atoms with Crippen LogP contribution < -0.4 is 0 Å². The number of carboxylic acids is 1. The standard InChI is InChI=1S/C4H3NO2.C4H10O3/c1-3(2-5)4(6)7;5-1-3-7-4-2-6/h1H2,(H,6,7);5-6H,1-4H2. The van der Waals surface area contributed by atoms with Gasteiger partial charge in [-0.05, 0) is 0 Å². The van der Waals surface area contributed by atoms with Crippen LogP contribution in [0.3, 0.4) is 0 Å². The summed E-state index contributed by atoms with van der Waals surface area (Å²) in [5.41, 5.74) is -0.431. The SMILES string of the molecule is C=C(C#N)C(=O)O.OCCOCCO. The van der Waals surface area contributed by atoms with Gasteiger partial charge in [0.15, 0.2) is 0 Å². The maximum Gasteiger partial charge on any atom is 0.345 e. The molecule has 6 nitrogen and oxygen atoms in total. The van der Waals surface area contributed by atoms with E-state index in [0.717, 1.165) is 0 Å². The summed E-state index contributed by atoms with van der Waals surface area (Å²) in [5, 5.41) is 31.8. The lowest BCUT2D eigenvalue weighted by Gasteiger charge is -1.94. The Balaban J connectivity index is 0. The van der Waals surface area contributed by atoms with Gasteiger partial charge in [0.1, 0.15) is 11.6 Å². The highest BCUT2D eigenvalue weighted by Gasteiger charge is 1.97. The fourth-order valence-corrected chi connectivity index (χ4v) is 0.279. The van der Waals surface area contributed by atoms with Crippen LogP contribution in [-0.2, 0) is 9.53 Å². The lowest BCUT2D eigenvalue weighted by Crippen LogP contribution is -2.03. The van der Waals surface area contributed by atoms with Gasteiger partial charge in [0.25, 0.3) is 0 Å². The number of aliphatic hydroxyl groups is 2. The third-order valence-electron chi connectivity index (χ3n) is 0.864. The molecule has 0 heterocycles. The topological polar surface area (TPSA) is 111 Å². The predicted octanol–water partition coefficient (Wildman–Crippen LogP) is -0.862. The number of carboxylic acid groups (broad SMARTS) is 1. The average molecular weight is 203 g/mol. The van der Waals surface area contributed by atoms with Crippen molar-refractivity contribution in [2.24, 2.45) is 0 Å². The maximum atomic E-state index is 9.61. The highest BCUT2D eigenvalue weighted by Crippen LogP contribution is 1.81. The van der Waals surface area contributed by atoms with Gasteiger partial charge in [-0.1, -0.05) is 6.58 Å². The lowest BCUT2D eigenvalue weighted by molar-refractivity contribution is -0.132. The molecule has 80 valence electrons. The second-order valence-corrected chi connectivity index (χ2v) is 1.96. The van der Waals surface area contributed by atoms with Crippen molar-refractivity contribution in [3.8, 4) is 6.07 Å². The minimum atomic E-state index is -1.26. The first-order valence-corrected chi connectivity index (χ1v) is 3.71. The fraction of sp³-hybridized carbons (Fsp3) is 0.500. The quantitative estimate of drug-likeness (QED) is 0.304. The molecule has 0 radical (unpaired) electrons. The number of nitrogens with zero attached hydrogens (tertiary/aromatic N) is 1. The average Bonchev–Trinajstić information content (AvgIpc) is 2.18. The third kappa shape index (κ3) is 13.2. The van der Waals surface area contributed by atoms with Gasteiger partial charge in [-0.15, -0.1) is 0 Å². The molecule has 0 bridgehead atoms. The van der Waals surface area contributed by atoms with Crippen molar-refractivity contribution in [1.82, 2.24) is 0 Å². The van der Waals surface area contributed by atoms with Crippen LogP contribution in [0.1, 0.15) is 0 Å².